The molecule has 0 amide bonds. The van der Waals surface area contributed by atoms with Gasteiger partial charge in [0, 0.05) is 0 Å². The summed E-state index contributed by atoms with van der Waals surface area (Å²) in [5.74, 6) is 9.57. The molecule has 66 valence electrons. The lowest BCUT2D eigenvalue weighted by molar-refractivity contribution is 0.851. The van der Waals surface area contributed by atoms with Crippen LogP contribution in [-0.2, 0) is 0 Å². The number of halogens is 1. The van der Waals surface area contributed by atoms with Gasteiger partial charge in [0.05, 0.1) is 0 Å². The number of hydrazine groups is 2. The maximum absolute atomic E-state index is 6.66. The van der Waals surface area contributed by atoms with Crippen molar-refractivity contribution >= 4 is 24.3 Å². The lowest BCUT2D eigenvalue weighted by Crippen LogP contribution is -2.46. The summed E-state index contributed by atoms with van der Waals surface area (Å²) in [6.45, 7) is 0. The standard InChI is InChI=1S/C2H10N8.ClH/c3-1(4)9-10-2(7-5)8-6;/h5-6H2,(H4,3,4,9)(H2,7,8,10);1H. The topological polar surface area (TPSA) is 150 Å². The molecule has 0 saturated carbocycles. The number of hydrogen-bond donors (Lipinski definition) is 7. The molecule has 0 rings (SSSR count). The fourth-order valence-electron chi connectivity index (χ4n) is 0.222. The SMILES string of the molecule is Cl.N=C(N)NN=C(NN)NN. The molecule has 0 saturated heterocycles. The van der Waals surface area contributed by atoms with Gasteiger partial charge in [0.25, 0.3) is 0 Å². The van der Waals surface area contributed by atoms with E-state index in [9.17, 15) is 0 Å². The van der Waals surface area contributed by atoms with Gasteiger partial charge in [-0.25, -0.2) is 17.1 Å². The van der Waals surface area contributed by atoms with Crippen LogP contribution in [0, 0.1) is 5.41 Å². The van der Waals surface area contributed by atoms with Gasteiger partial charge in [-0.05, 0) is 0 Å². The second-order valence-electron chi connectivity index (χ2n) is 1.27. The van der Waals surface area contributed by atoms with E-state index in [0.29, 0.717) is 0 Å². The second-order valence-corrected chi connectivity index (χ2v) is 1.27. The van der Waals surface area contributed by atoms with E-state index in [-0.39, 0.29) is 24.3 Å². The van der Waals surface area contributed by atoms with E-state index in [1.807, 2.05) is 0 Å². The minimum atomic E-state index is -0.303. The summed E-state index contributed by atoms with van der Waals surface area (Å²) < 4.78 is 0. The molecule has 10 N–H and O–H groups in total. The summed E-state index contributed by atoms with van der Waals surface area (Å²) in [7, 11) is 0. The molecule has 0 bridgehead atoms. The number of guanidine groups is 2. The van der Waals surface area contributed by atoms with E-state index >= 15 is 0 Å². The first-order valence-electron chi connectivity index (χ1n) is 2.31. The van der Waals surface area contributed by atoms with Crippen molar-refractivity contribution in [2.24, 2.45) is 22.5 Å². The summed E-state index contributed by atoms with van der Waals surface area (Å²) in [6, 6.07) is 0. The predicted octanol–water partition coefficient (Wildman–Crippen LogP) is -2.91. The molecule has 0 aliphatic carbocycles. The van der Waals surface area contributed by atoms with Gasteiger partial charge in [0.15, 0.2) is 0 Å². The Labute approximate surface area is 69.4 Å². The van der Waals surface area contributed by atoms with Crippen molar-refractivity contribution in [1.82, 2.24) is 16.3 Å². The van der Waals surface area contributed by atoms with E-state index in [1.165, 1.54) is 0 Å². The average molecular weight is 183 g/mol. The molecule has 0 aromatic rings. The lowest BCUT2D eigenvalue weighted by Gasteiger charge is -2.02. The van der Waals surface area contributed by atoms with Crippen LogP contribution in [0.5, 0.6) is 0 Å². The van der Waals surface area contributed by atoms with Crippen molar-refractivity contribution in [3.63, 3.8) is 0 Å². The number of hydrogen-bond acceptors (Lipinski definition) is 4. The van der Waals surface area contributed by atoms with Crippen LogP contribution in [0.25, 0.3) is 0 Å². The zero-order valence-corrected chi connectivity index (χ0v) is 6.40. The highest BCUT2D eigenvalue weighted by Gasteiger charge is 1.88. The van der Waals surface area contributed by atoms with Gasteiger partial charge in [-0.1, -0.05) is 0 Å². The molecule has 0 fully saturated rings. The van der Waals surface area contributed by atoms with Crippen LogP contribution in [0.2, 0.25) is 0 Å². The van der Waals surface area contributed by atoms with Gasteiger partial charge in [-0.15, -0.1) is 17.5 Å². The van der Waals surface area contributed by atoms with Crippen molar-refractivity contribution in [1.29, 1.82) is 5.41 Å². The first-order chi connectivity index (χ1) is 4.70. The summed E-state index contributed by atoms with van der Waals surface area (Å²) >= 11 is 0. The molecular weight excluding hydrogens is 172 g/mol. The summed E-state index contributed by atoms with van der Waals surface area (Å²) in [5.41, 5.74) is 11.2. The lowest BCUT2D eigenvalue weighted by atomic mass is 11.0. The molecule has 0 aromatic heterocycles. The van der Waals surface area contributed by atoms with E-state index < -0.39 is 0 Å². The van der Waals surface area contributed by atoms with Crippen LogP contribution >= 0.6 is 12.4 Å². The van der Waals surface area contributed by atoms with E-state index in [4.69, 9.17) is 22.8 Å². The first-order valence-corrected chi connectivity index (χ1v) is 2.31. The van der Waals surface area contributed by atoms with Crippen molar-refractivity contribution < 1.29 is 0 Å². The Balaban J connectivity index is 0. The smallest absolute Gasteiger partial charge is 0.242 e. The van der Waals surface area contributed by atoms with Crippen molar-refractivity contribution in [2.75, 3.05) is 0 Å². The number of nitrogens with one attached hydrogen (secondary N) is 4. The highest BCUT2D eigenvalue weighted by Crippen LogP contribution is 1.56. The Morgan fingerprint density at radius 3 is 2.00 bits per heavy atom. The third kappa shape index (κ3) is 6.64. The third-order valence-corrected chi connectivity index (χ3v) is 0.562. The van der Waals surface area contributed by atoms with Crippen LogP contribution in [0.15, 0.2) is 5.10 Å². The van der Waals surface area contributed by atoms with E-state index in [0.717, 1.165) is 0 Å². The van der Waals surface area contributed by atoms with Gasteiger partial charge in [-0.3, -0.25) is 16.3 Å². The van der Waals surface area contributed by atoms with Gasteiger partial charge in [0.1, 0.15) is 0 Å². The van der Waals surface area contributed by atoms with E-state index in [2.05, 4.69) is 21.4 Å². The highest BCUT2D eigenvalue weighted by atomic mass is 35.5. The first kappa shape index (κ1) is 12.4. The largest absolute Gasteiger partial charge is 0.369 e. The van der Waals surface area contributed by atoms with Crippen molar-refractivity contribution in [3.8, 4) is 0 Å². The monoisotopic (exact) mass is 182 g/mol. The number of rotatable bonds is 1. The molecule has 0 atom stereocenters. The number of nitrogens with two attached hydrogens (primary N) is 3. The molecule has 0 aliphatic rings. The molecule has 9 heteroatoms. The van der Waals surface area contributed by atoms with E-state index in [1.54, 1.807) is 0 Å². The molecule has 11 heavy (non-hydrogen) atoms. The maximum atomic E-state index is 6.66. The van der Waals surface area contributed by atoms with Crippen LogP contribution in [-0.4, -0.2) is 11.9 Å². The normalized spacial score (nSPS) is 7.09. The molecule has 0 unspecified atom stereocenters. The Kier molecular flexibility index (Phi) is 7.76. The average Bonchev–Trinajstić information content (AvgIpc) is 1.90. The molecule has 0 spiro atoms. The van der Waals surface area contributed by atoms with Gasteiger partial charge in [-0.2, -0.15) is 0 Å². The molecular formula is C2H11ClN8. The van der Waals surface area contributed by atoms with Crippen LogP contribution in [0.4, 0.5) is 0 Å². The number of nitrogens with zero attached hydrogens (tertiary/aromatic N) is 1. The Morgan fingerprint density at radius 2 is 1.73 bits per heavy atom. The zero-order valence-electron chi connectivity index (χ0n) is 5.59. The van der Waals surface area contributed by atoms with Gasteiger partial charge in [0.2, 0.25) is 11.9 Å². The summed E-state index contributed by atoms with van der Waals surface area (Å²) in [6.07, 6.45) is 0. The third-order valence-electron chi connectivity index (χ3n) is 0.562. The molecule has 0 aliphatic heterocycles. The molecule has 8 nitrogen and oxygen atoms in total. The quantitative estimate of drug-likeness (QED) is 0.1000. The predicted molar refractivity (Wildman–Crippen MR) is 44.4 cm³/mol. The molecule has 0 radical (unpaired) electrons. The van der Waals surface area contributed by atoms with Crippen LogP contribution < -0.4 is 33.7 Å². The maximum Gasteiger partial charge on any atom is 0.242 e. The summed E-state index contributed by atoms with van der Waals surface area (Å²) in [4.78, 5) is 0. The molecule has 0 aromatic carbocycles. The van der Waals surface area contributed by atoms with Crippen LogP contribution in [0.3, 0.4) is 0 Å². The Hall–Kier alpha value is -1.25. The highest BCUT2D eigenvalue weighted by molar-refractivity contribution is 5.85. The Morgan fingerprint density at radius 1 is 1.27 bits per heavy atom. The fourth-order valence-corrected chi connectivity index (χ4v) is 0.222. The zero-order chi connectivity index (χ0) is 7.98. The van der Waals surface area contributed by atoms with Gasteiger partial charge >= 0.3 is 0 Å². The fraction of sp³-hybridized carbons (Fsp3) is 0. The molecule has 0 heterocycles. The van der Waals surface area contributed by atoms with Gasteiger partial charge < -0.3 is 5.73 Å². The van der Waals surface area contributed by atoms with Crippen molar-refractivity contribution in [3.05, 3.63) is 0 Å². The van der Waals surface area contributed by atoms with Crippen molar-refractivity contribution in [2.45, 2.75) is 0 Å². The second kappa shape index (κ2) is 6.86. The Bertz CT molecular complexity index is 135. The van der Waals surface area contributed by atoms with Crippen LogP contribution in [0.1, 0.15) is 0 Å². The summed E-state index contributed by atoms with van der Waals surface area (Å²) in [5, 5.41) is 10.1. The minimum absolute atomic E-state index is 0. The number of hydrazone groups is 1. The minimum Gasteiger partial charge on any atom is -0.369 e.